The Morgan fingerprint density at radius 1 is 0.395 bits per heavy atom. The highest BCUT2D eigenvalue weighted by molar-refractivity contribution is 5.71. The lowest BCUT2D eigenvalue weighted by atomic mass is 9.63. The molecule has 38 heavy (non-hydrogen) atoms. The molecule has 0 bridgehead atoms. The molecule has 6 aromatic rings. The Morgan fingerprint density at radius 3 is 1.39 bits per heavy atom. The Bertz CT molecular complexity index is 1670. The number of hydrogen-bond acceptors (Lipinski definition) is 3. The maximum absolute atomic E-state index is 6.40. The van der Waals surface area contributed by atoms with Crippen LogP contribution in [0.5, 0.6) is 11.5 Å². The number of benzene rings is 5. The molecule has 0 unspecified atom stereocenters. The van der Waals surface area contributed by atoms with Crippen LogP contribution >= 0.6 is 0 Å². The molecular weight excluding hydrogens is 464 g/mol. The van der Waals surface area contributed by atoms with Gasteiger partial charge in [0.05, 0.1) is 16.8 Å². The zero-order valence-electron chi connectivity index (χ0n) is 20.7. The number of ether oxygens (including phenoxy) is 1. The van der Waals surface area contributed by atoms with E-state index in [0.29, 0.717) is 0 Å². The fourth-order valence-corrected chi connectivity index (χ4v) is 5.61. The third-order valence-electron chi connectivity index (χ3n) is 7.36. The van der Waals surface area contributed by atoms with Gasteiger partial charge in [-0.1, -0.05) is 121 Å². The Kier molecular flexibility index (Phi) is 5.33. The standard InChI is InChI=1S/C35H24N2O/c1-3-11-25(12-4-1)31-23-24-32(37-36-31)26-19-21-28(22-20-26)35(27-13-5-2-6-14-27)29-15-7-9-17-33(29)38-34-18-10-8-16-30(34)35/h1-24H. The fraction of sp³-hybridized carbons (Fsp3) is 0.0286. The largest absolute Gasteiger partial charge is 0.457 e. The first-order valence-corrected chi connectivity index (χ1v) is 12.8. The zero-order chi connectivity index (χ0) is 25.4. The number of nitrogens with zero attached hydrogens (tertiary/aromatic N) is 2. The molecule has 0 saturated heterocycles. The average Bonchev–Trinajstić information content (AvgIpc) is 3.01. The molecule has 1 aliphatic rings. The van der Waals surface area contributed by atoms with Crippen LogP contribution in [0.2, 0.25) is 0 Å². The summed E-state index contributed by atoms with van der Waals surface area (Å²) in [6.07, 6.45) is 0. The van der Waals surface area contributed by atoms with E-state index in [9.17, 15) is 0 Å². The highest BCUT2D eigenvalue weighted by Crippen LogP contribution is 2.55. The number of fused-ring (bicyclic) bond motifs is 2. The Morgan fingerprint density at radius 2 is 0.842 bits per heavy atom. The number of para-hydroxylation sites is 2. The molecule has 3 nitrogen and oxygen atoms in total. The first kappa shape index (κ1) is 22.2. The van der Waals surface area contributed by atoms with Crippen LogP contribution in [0.25, 0.3) is 22.5 Å². The van der Waals surface area contributed by atoms with Crippen LogP contribution in [-0.4, -0.2) is 10.2 Å². The highest BCUT2D eigenvalue weighted by atomic mass is 16.5. The fourth-order valence-electron chi connectivity index (χ4n) is 5.61. The Hall–Kier alpha value is -5.02. The van der Waals surface area contributed by atoms with Gasteiger partial charge in [-0.15, -0.1) is 10.2 Å². The number of hydrogen-bond donors (Lipinski definition) is 0. The van der Waals surface area contributed by atoms with Crippen molar-refractivity contribution in [2.75, 3.05) is 0 Å². The van der Waals surface area contributed by atoms with Gasteiger partial charge in [0.15, 0.2) is 0 Å². The van der Waals surface area contributed by atoms with E-state index in [-0.39, 0.29) is 0 Å². The summed E-state index contributed by atoms with van der Waals surface area (Å²) in [7, 11) is 0. The summed E-state index contributed by atoms with van der Waals surface area (Å²) in [6, 6.07) is 50.3. The quantitative estimate of drug-likeness (QED) is 0.250. The van der Waals surface area contributed by atoms with Crippen LogP contribution < -0.4 is 4.74 Å². The zero-order valence-corrected chi connectivity index (χ0v) is 20.7. The second-order valence-electron chi connectivity index (χ2n) is 9.46. The topological polar surface area (TPSA) is 35.0 Å². The van der Waals surface area contributed by atoms with E-state index in [1.165, 1.54) is 11.1 Å². The van der Waals surface area contributed by atoms with E-state index < -0.39 is 5.41 Å². The van der Waals surface area contributed by atoms with Crippen molar-refractivity contribution in [3.63, 3.8) is 0 Å². The van der Waals surface area contributed by atoms with Crippen molar-refractivity contribution in [1.82, 2.24) is 10.2 Å². The monoisotopic (exact) mass is 488 g/mol. The van der Waals surface area contributed by atoms with Gasteiger partial charge >= 0.3 is 0 Å². The first-order chi connectivity index (χ1) is 18.8. The van der Waals surface area contributed by atoms with Crippen LogP contribution in [0.4, 0.5) is 0 Å². The molecule has 5 aromatic carbocycles. The van der Waals surface area contributed by atoms with Crippen molar-refractivity contribution in [1.29, 1.82) is 0 Å². The molecular formula is C35H24N2O. The van der Waals surface area contributed by atoms with Crippen LogP contribution in [0.3, 0.4) is 0 Å². The van der Waals surface area contributed by atoms with Gasteiger partial charge in [-0.3, -0.25) is 0 Å². The Balaban J connectivity index is 1.38. The Labute approximate surface area is 222 Å². The van der Waals surface area contributed by atoms with E-state index in [0.717, 1.165) is 45.1 Å². The van der Waals surface area contributed by atoms with E-state index >= 15 is 0 Å². The van der Waals surface area contributed by atoms with Gasteiger partial charge in [0.1, 0.15) is 11.5 Å². The van der Waals surface area contributed by atoms with Gasteiger partial charge in [-0.25, -0.2) is 0 Å². The third-order valence-corrected chi connectivity index (χ3v) is 7.36. The summed E-state index contributed by atoms with van der Waals surface area (Å²) in [5.41, 5.74) is 7.90. The lowest BCUT2D eigenvalue weighted by molar-refractivity contribution is 0.434. The van der Waals surface area contributed by atoms with E-state index in [1.54, 1.807) is 0 Å². The maximum Gasteiger partial charge on any atom is 0.132 e. The normalized spacial score (nSPS) is 13.2. The highest BCUT2D eigenvalue weighted by Gasteiger charge is 2.45. The van der Waals surface area contributed by atoms with Gasteiger partial charge < -0.3 is 4.74 Å². The molecule has 1 aliphatic heterocycles. The van der Waals surface area contributed by atoms with Gasteiger partial charge in [0.2, 0.25) is 0 Å². The van der Waals surface area contributed by atoms with Crippen molar-refractivity contribution in [3.05, 3.63) is 168 Å². The van der Waals surface area contributed by atoms with Crippen molar-refractivity contribution in [3.8, 4) is 34.0 Å². The number of aromatic nitrogens is 2. The minimum absolute atomic E-state index is 0.520. The molecule has 3 heteroatoms. The molecule has 2 heterocycles. The van der Waals surface area contributed by atoms with Crippen molar-refractivity contribution in [2.45, 2.75) is 5.41 Å². The predicted octanol–water partition coefficient (Wildman–Crippen LogP) is 8.30. The lowest BCUT2D eigenvalue weighted by Crippen LogP contribution is -2.34. The molecule has 1 aromatic heterocycles. The predicted molar refractivity (Wildman–Crippen MR) is 151 cm³/mol. The van der Waals surface area contributed by atoms with Crippen LogP contribution in [0, 0.1) is 0 Å². The molecule has 0 amide bonds. The van der Waals surface area contributed by atoms with Crippen molar-refractivity contribution < 1.29 is 4.74 Å². The summed E-state index contributed by atoms with van der Waals surface area (Å²) in [4.78, 5) is 0. The van der Waals surface area contributed by atoms with Crippen molar-refractivity contribution >= 4 is 0 Å². The van der Waals surface area contributed by atoms with Gasteiger partial charge in [-0.2, -0.15) is 0 Å². The van der Waals surface area contributed by atoms with Crippen LogP contribution in [-0.2, 0) is 5.41 Å². The summed E-state index contributed by atoms with van der Waals surface area (Å²) in [6.45, 7) is 0. The van der Waals surface area contributed by atoms with E-state index in [2.05, 4.69) is 101 Å². The third kappa shape index (κ3) is 3.52. The smallest absolute Gasteiger partial charge is 0.132 e. The summed E-state index contributed by atoms with van der Waals surface area (Å²) in [5.74, 6) is 1.75. The van der Waals surface area contributed by atoms with E-state index in [4.69, 9.17) is 4.74 Å². The molecule has 0 fully saturated rings. The first-order valence-electron chi connectivity index (χ1n) is 12.8. The molecule has 0 saturated carbocycles. The minimum Gasteiger partial charge on any atom is -0.457 e. The van der Waals surface area contributed by atoms with Gasteiger partial charge in [0, 0.05) is 22.3 Å². The SMILES string of the molecule is c1ccc(-c2ccc(-c3ccc(C4(c5ccccc5)c5ccccc5Oc5ccccc54)cc3)nn2)cc1. The maximum atomic E-state index is 6.40. The molecule has 0 aliphatic carbocycles. The second-order valence-corrected chi connectivity index (χ2v) is 9.46. The summed E-state index contributed by atoms with van der Waals surface area (Å²) in [5, 5.41) is 9.04. The molecule has 0 atom stereocenters. The number of rotatable bonds is 4. The lowest BCUT2D eigenvalue weighted by Gasteiger charge is -2.41. The van der Waals surface area contributed by atoms with Gasteiger partial charge in [-0.05, 0) is 35.4 Å². The second kappa shape index (κ2) is 9.13. The molecule has 0 N–H and O–H groups in total. The minimum atomic E-state index is -0.520. The van der Waals surface area contributed by atoms with Gasteiger partial charge in [0.25, 0.3) is 0 Å². The molecule has 180 valence electrons. The molecule has 7 rings (SSSR count). The van der Waals surface area contributed by atoms with Crippen molar-refractivity contribution in [2.24, 2.45) is 0 Å². The van der Waals surface area contributed by atoms with E-state index in [1.807, 2.05) is 54.6 Å². The summed E-state index contributed by atoms with van der Waals surface area (Å²) < 4.78 is 6.40. The average molecular weight is 489 g/mol. The summed E-state index contributed by atoms with van der Waals surface area (Å²) >= 11 is 0. The van der Waals surface area contributed by atoms with Crippen LogP contribution in [0.15, 0.2) is 146 Å². The molecule has 0 radical (unpaired) electrons. The molecule has 0 spiro atoms. The van der Waals surface area contributed by atoms with Crippen LogP contribution in [0.1, 0.15) is 22.3 Å².